The third-order valence-corrected chi connectivity index (χ3v) is 3.52. The number of hydrogen-bond acceptors (Lipinski definition) is 4. The van der Waals surface area contributed by atoms with Gasteiger partial charge < -0.3 is 14.8 Å². The highest BCUT2D eigenvalue weighted by Gasteiger charge is 2.16. The van der Waals surface area contributed by atoms with E-state index in [0.29, 0.717) is 11.4 Å². The minimum atomic E-state index is -0.906. The lowest BCUT2D eigenvalue weighted by Crippen LogP contribution is -2.29. The molecule has 0 heterocycles. The fourth-order valence-corrected chi connectivity index (χ4v) is 2.11. The number of carbonyl (C=O) groups is 2. The Morgan fingerprint density at radius 3 is 2.44 bits per heavy atom. The maximum atomic E-state index is 12.1. The maximum Gasteiger partial charge on any atom is 0.331 e. The lowest BCUT2D eigenvalue weighted by atomic mass is 10.2. The van der Waals surface area contributed by atoms with Gasteiger partial charge in [-0.3, -0.25) is 4.79 Å². The first-order chi connectivity index (χ1) is 12.0. The Labute approximate surface area is 147 Å². The molecule has 2 aromatic rings. The van der Waals surface area contributed by atoms with Crippen molar-refractivity contribution in [3.63, 3.8) is 0 Å². The van der Waals surface area contributed by atoms with Crippen LogP contribution in [0, 0.1) is 6.92 Å². The zero-order valence-corrected chi connectivity index (χ0v) is 14.5. The van der Waals surface area contributed by atoms with E-state index < -0.39 is 12.1 Å². The van der Waals surface area contributed by atoms with Gasteiger partial charge >= 0.3 is 5.97 Å². The van der Waals surface area contributed by atoms with Crippen molar-refractivity contribution in [3.05, 3.63) is 65.7 Å². The van der Waals surface area contributed by atoms with Crippen LogP contribution in [0.3, 0.4) is 0 Å². The molecule has 0 bridgehead atoms. The molecule has 0 aromatic heterocycles. The highest BCUT2D eigenvalue weighted by Crippen LogP contribution is 2.18. The molecule has 130 valence electrons. The minimum absolute atomic E-state index is 0.386. The Hall–Kier alpha value is -3.08. The van der Waals surface area contributed by atoms with Gasteiger partial charge in [-0.15, -0.1) is 0 Å². The van der Waals surface area contributed by atoms with Crippen LogP contribution in [0.4, 0.5) is 5.69 Å². The van der Waals surface area contributed by atoms with Crippen molar-refractivity contribution in [1.29, 1.82) is 0 Å². The van der Waals surface area contributed by atoms with Gasteiger partial charge in [0.25, 0.3) is 5.91 Å². The Kier molecular flexibility index (Phi) is 6.34. The van der Waals surface area contributed by atoms with Crippen LogP contribution in [0.25, 0.3) is 6.08 Å². The summed E-state index contributed by atoms with van der Waals surface area (Å²) in [6.45, 7) is 3.49. The van der Waals surface area contributed by atoms with Gasteiger partial charge in [0.05, 0.1) is 7.11 Å². The summed E-state index contributed by atoms with van der Waals surface area (Å²) in [7, 11) is 1.56. The van der Waals surface area contributed by atoms with E-state index in [0.717, 1.165) is 11.1 Å². The molecule has 0 aliphatic heterocycles. The number of esters is 1. The van der Waals surface area contributed by atoms with Crippen molar-refractivity contribution in [2.75, 3.05) is 12.4 Å². The zero-order valence-electron chi connectivity index (χ0n) is 14.5. The van der Waals surface area contributed by atoms with Crippen LogP contribution in [0.15, 0.2) is 54.6 Å². The summed E-state index contributed by atoms with van der Waals surface area (Å²) in [6.07, 6.45) is 1.95. The van der Waals surface area contributed by atoms with Crippen molar-refractivity contribution >= 4 is 23.6 Å². The third-order valence-electron chi connectivity index (χ3n) is 3.52. The van der Waals surface area contributed by atoms with Crippen molar-refractivity contribution < 1.29 is 19.1 Å². The van der Waals surface area contributed by atoms with Gasteiger partial charge in [-0.05, 0) is 38.1 Å². The molecule has 0 aliphatic carbocycles. The second kappa shape index (κ2) is 8.68. The fraction of sp³-hybridized carbons (Fsp3) is 0.200. The second-order valence-electron chi connectivity index (χ2n) is 5.51. The van der Waals surface area contributed by atoms with E-state index in [4.69, 9.17) is 9.47 Å². The lowest BCUT2D eigenvalue weighted by molar-refractivity contribution is -0.148. The molecule has 0 saturated heterocycles. The Morgan fingerprint density at radius 2 is 1.76 bits per heavy atom. The summed E-state index contributed by atoms with van der Waals surface area (Å²) in [5.74, 6) is -0.336. The van der Waals surface area contributed by atoms with Crippen LogP contribution < -0.4 is 10.1 Å². The molecule has 1 amide bonds. The van der Waals surface area contributed by atoms with Crippen molar-refractivity contribution in [2.24, 2.45) is 0 Å². The Bertz CT molecular complexity index is 766. The first-order valence-electron chi connectivity index (χ1n) is 7.89. The first kappa shape index (κ1) is 18.3. The number of benzene rings is 2. The molecule has 0 saturated carbocycles. The molecule has 0 spiro atoms. The zero-order chi connectivity index (χ0) is 18.2. The van der Waals surface area contributed by atoms with Gasteiger partial charge in [-0.25, -0.2) is 4.79 Å². The summed E-state index contributed by atoms with van der Waals surface area (Å²) >= 11 is 0. The van der Waals surface area contributed by atoms with E-state index in [1.807, 2.05) is 37.3 Å². The molecule has 2 rings (SSSR count). The van der Waals surface area contributed by atoms with Gasteiger partial charge in [0.2, 0.25) is 0 Å². The number of methoxy groups -OCH3 is 1. The molecular weight excluding hydrogens is 318 g/mol. The number of aryl methyl sites for hydroxylation is 1. The number of ether oxygens (including phenoxy) is 2. The summed E-state index contributed by atoms with van der Waals surface area (Å²) in [4.78, 5) is 24.0. The first-order valence-corrected chi connectivity index (χ1v) is 7.89. The van der Waals surface area contributed by atoms with Gasteiger partial charge in [0, 0.05) is 17.3 Å². The average Bonchev–Trinajstić information content (AvgIpc) is 2.62. The molecule has 1 N–H and O–H groups in total. The Morgan fingerprint density at radius 1 is 1.08 bits per heavy atom. The van der Waals surface area contributed by atoms with E-state index in [1.165, 1.54) is 13.0 Å². The van der Waals surface area contributed by atoms with E-state index in [9.17, 15) is 9.59 Å². The molecule has 25 heavy (non-hydrogen) atoms. The third kappa shape index (κ3) is 5.49. The number of nitrogens with one attached hydrogen (secondary N) is 1. The van der Waals surface area contributed by atoms with E-state index in [1.54, 1.807) is 31.4 Å². The highest BCUT2D eigenvalue weighted by molar-refractivity contribution is 5.96. The van der Waals surface area contributed by atoms with Crippen LogP contribution in [-0.2, 0) is 14.3 Å². The average molecular weight is 339 g/mol. The van der Waals surface area contributed by atoms with Crippen LogP contribution in [0.5, 0.6) is 5.75 Å². The quantitative estimate of drug-likeness (QED) is 0.645. The predicted octanol–water partition coefficient (Wildman–Crippen LogP) is 3.59. The fourth-order valence-electron chi connectivity index (χ4n) is 2.11. The normalized spacial score (nSPS) is 11.8. The van der Waals surface area contributed by atoms with E-state index in [-0.39, 0.29) is 5.91 Å². The standard InChI is InChI=1S/C20H21NO4/c1-14-8-11-17(12-9-14)21-20(23)15(2)25-19(22)13-10-16-6-4-5-7-18(16)24-3/h4-13,15H,1-3H3,(H,21,23)/b13-10+/t15-/m0/s1. The molecule has 0 fully saturated rings. The number of carbonyl (C=O) groups excluding carboxylic acids is 2. The van der Waals surface area contributed by atoms with Crippen molar-refractivity contribution in [2.45, 2.75) is 20.0 Å². The monoisotopic (exact) mass is 339 g/mol. The van der Waals surface area contributed by atoms with Gasteiger partial charge in [-0.1, -0.05) is 35.9 Å². The van der Waals surface area contributed by atoms with Crippen LogP contribution >= 0.6 is 0 Å². The lowest BCUT2D eigenvalue weighted by Gasteiger charge is -2.12. The summed E-state index contributed by atoms with van der Waals surface area (Å²) in [5.41, 5.74) is 2.50. The molecule has 5 nitrogen and oxygen atoms in total. The Balaban J connectivity index is 1.91. The van der Waals surface area contributed by atoms with Gasteiger partial charge in [0.15, 0.2) is 6.10 Å². The number of amides is 1. The minimum Gasteiger partial charge on any atom is -0.496 e. The number of rotatable bonds is 6. The van der Waals surface area contributed by atoms with E-state index >= 15 is 0 Å². The molecule has 0 radical (unpaired) electrons. The van der Waals surface area contributed by atoms with Crippen molar-refractivity contribution in [3.8, 4) is 5.75 Å². The smallest absolute Gasteiger partial charge is 0.331 e. The highest BCUT2D eigenvalue weighted by atomic mass is 16.5. The van der Waals surface area contributed by atoms with Crippen LogP contribution in [0.1, 0.15) is 18.1 Å². The number of para-hydroxylation sites is 1. The molecule has 2 aromatic carbocycles. The van der Waals surface area contributed by atoms with Crippen molar-refractivity contribution in [1.82, 2.24) is 0 Å². The molecule has 5 heteroatoms. The molecule has 1 atom stereocenters. The van der Waals surface area contributed by atoms with Crippen LogP contribution in [0.2, 0.25) is 0 Å². The topological polar surface area (TPSA) is 64.6 Å². The maximum absolute atomic E-state index is 12.1. The summed E-state index contributed by atoms with van der Waals surface area (Å²) in [5, 5.41) is 2.71. The largest absolute Gasteiger partial charge is 0.496 e. The second-order valence-corrected chi connectivity index (χ2v) is 5.51. The SMILES string of the molecule is COc1ccccc1/C=C/C(=O)O[C@@H](C)C(=O)Nc1ccc(C)cc1. The summed E-state index contributed by atoms with van der Waals surface area (Å²) in [6, 6.07) is 14.7. The number of hydrogen-bond donors (Lipinski definition) is 1. The van der Waals surface area contributed by atoms with E-state index in [2.05, 4.69) is 5.32 Å². The van der Waals surface area contributed by atoms with Gasteiger partial charge in [0.1, 0.15) is 5.75 Å². The van der Waals surface area contributed by atoms with Gasteiger partial charge in [-0.2, -0.15) is 0 Å². The molecular formula is C20H21NO4. The molecule has 0 aliphatic rings. The van der Waals surface area contributed by atoms with Crippen LogP contribution in [-0.4, -0.2) is 25.1 Å². The number of anilines is 1. The summed E-state index contributed by atoms with van der Waals surface area (Å²) < 4.78 is 10.3. The molecule has 0 unspecified atom stereocenters. The predicted molar refractivity (Wildman–Crippen MR) is 97.4 cm³/mol.